The van der Waals surface area contributed by atoms with Gasteiger partial charge in [0, 0.05) is 56.2 Å². The van der Waals surface area contributed by atoms with Gasteiger partial charge in [-0.15, -0.1) is 0 Å². The first-order chi connectivity index (χ1) is 15.6. The summed E-state index contributed by atoms with van der Waals surface area (Å²) in [4.78, 5) is 7.13. The maximum Gasteiger partial charge on any atom is 0.141 e. The lowest BCUT2D eigenvalue weighted by molar-refractivity contribution is 0.0688. The highest BCUT2D eigenvalue weighted by Gasteiger charge is 2.42. The molecule has 1 aromatic heterocycles. The van der Waals surface area contributed by atoms with E-state index in [0.29, 0.717) is 5.92 Å². The van der Waals surface area contributed by atoms with E-state index in [-0.39, 0.29) is 0 Å². The molecule has 4 fully saturated rings. The van der Waals surface area contributed by atoms with E-state index in [2.05, 4.69) is 60.1 Å². The Kier molecular flexibility index (Phi) is 5.05. The molecule has 7 rings (SSSR count). The smallest absolute Gasteiger partial charge is 0.141 e. The second-order valence-electron chi connectivity index (χ2n) is 10.1. The van der Waals surface area contributed by atoms with Gasteiger partial charge in [0.25, 0.3) is 0 Å². The summed E-state index contributed by atoms with van der Waals surface area (Å²) in [5, 5.41) is 2.88. The zero-order chi connectivity index (χ0) is 21.7. The minimum Gasteiger partial charge on any atom is -0.381 e. The molecule has 2 aromatic carbocycles. The van der Waals surface area contributed by atoms with E-state index in [1.54, 1.807) is 5.69 Å². The summed E-state index contributed by atoms with van der Waals surface area (Å²) in [6.45, 7) is 13.5. The molecular weight excluding hydrogens is 394 g/mol. The molecule has 0 radical (unpaired) electrons. The zero-order valence-electron chi connectivity index (χ0n) is 19.4. The van der Waals surface area contributed by atoms with Crippen LogP contribution in [0, 0.1) is 13.8 Å². The number of aromatic nitrogens is 1. The fraction of sp³-hybridized carbons (Fsp3) is 0.464. The molecule has 5 heterocycles. The first-order valence-corrected chi connectivity index (χ1v) is 12.3. The van der Waals surface area contributed by atoms with E-state index in [4.69, 9.17) is 4.74 Å². The number of ether oxygens (including phenoxy) is 1. The lowest BCUT2D eigenvalue weighted by Crippen LogP contribution is -2.68. The van der Waals surface area contributed by atoms with E-state index in [0.717, 1.165) is 36.2 Å². The molecule has 4 aliphatic heterocycles. The van der Waals surface area contributed by atoms with Crippen molar-refractivity contribution in [3.05, 3.63) is 59.4 Å². The summed E-state index contributed by atoms with van der Waals surface area (Å²) in [5.41, 5.74) is 8.27. The fourth-order valence-electron chi connectivity index (χ4n) is 6.32. The monoisotopic (exact) mass is 428 g/mol. The maximum atomic E-state index is 5.76. The van der Waals surface area contributed by atoms with Crippen molar-refractivity contribution in [2.75, 3.05) is 52.5 Å². The Morgan fingerprint density at radius 2 is 1.66 bits per heavy atom. The first kappa shape index (κ1) is 20.3. The predicted molar refractivity (Wildman–Crippen MR) is 132 cm³/mol. The topological polar surface area (TPSA) is 25.4 Å². The predicted octanol–water partition coefficient (Wildman–Crippen LogP) is 5.05. The molecule has 0 saturated carbocycles. The summed E-state index contributed by atoms with van der Waals surface area (Å²) in [6.07, 6.45) is 4.20. The minimum atomic E-state index is 0.556. The number of fused-ring (bicyclic) bond motifs is 4. The number of nitrogens with zero attached hydrogens (tertiary/aromatic N) is 3. The van der Waals surface area contributed by atoms with Gasteiger partial charge in [-0.1, -0.05) is 17.7 Å². The van der Waals surface area contributed by atoms with Crippen LogP contribution in [0.25, 0.3) is 21.9 Å². The van der Waals surface area contributed by atoms with Crippen LogP contribution in [0.3, 0.4) is 0 Å². The lowest BCUT2D eigenvalue weighted by atomic mass is 9.82. The van der Waals surface area contributed by atoms with E-state index in [1.165, 1.54) is 72.3 Å². The van der Waals surface area contributed by atoms with E-state index in [9.17, 15) is 0 Å². The average Bonchev–Trinajstić information content (AvgIpc) is 2.84. The van der Waals surface area contributed by atoms with E-state index in [1.807, 2.05) is 6.20 Å². The van der Waals surface area contributed by atoms with Crippen molar-refractivity contribution in [3.8, 4) is 11.1 Å². The van der Waals surface area contributed by atoms with Crippen molar-refractivity contribution in [1.82, 2.24) is 14.4 Å². The fourth-order valence-corrected chi connectivity index (χ4v) is 6.32. The molecule has 4 nitrogen and oxygen atoms in total. The van der Waals surface area contributed by atoms with Crippen LogP contribution in [0.1, 0.15) is 35.6 Å². The Labute approximate surface area is 191 Å². The first-order valence-electron chi connectivity index (χ1n) is 12.3. The standard InChI is InChI=1S/C28H34N3O/c1-20-3-4-24-26(17-20)27(31-12-9-30(10-13-31)11-14-31)19-25(22-6-15-32-16-7-22)28(24)23-5-8-29-21(2)18-23/h3-5,8,17-19,22H,6-7,9-16H2,1-2H3/q+1. The van der Waals surface area contributed by atoms with Crippen molar-refractivity contribution in [3.63, 3.8) is 0 Å². The van der Waals surface area contributed by atoms with Crippen LogP contribution < -0.4 is 4.48 Å². The molecule has 0 atom stereocenters. The van der Waals surface area contributed by atoms with Crippen molar-refractivity contribution in [2.24, 2.45) is 0 Å². The molecule has 3 aromatic rings. The number of rotatable bonds is 3. The number of piperazine rings is 3. The third kappa shape index (κ3) is 3.37. The van der Waals surface area contributed by atoms with Gasteiger partial charge >= 0.3 is 0 Å². The summed E-state index contributed by atoms with van der Waals surface area (Å²) in [7, 11) is 0. The van der Waals surface area contributed by atoms with Gasteiger partial charge < -0.3 is 4.74 Å². The molecule has 0 spiro atoms. The molecule has 0 unspecified atom stereocenters. The highest BCUT2D eigenvalue weighted by molar-refractivity contribution is 6.05. The largest absolute Gasteiger partial charge is 0.381 e. The van der Waals surface area contributed by atoms with Crippen LogP contribution in [0.5, 0.6) is 0 Å². The number of quaternary nitrogens is 1. The number of benzene rings is 2. The van der Waals surface area contributed by atoms with Crippen LogP contribution in [0.15, 0.2) is 42.6 Å². The molecule has 32 heavy (non-hydrogen) atoms. The van der Waals surface area contributed by atoms with Crippen molar-refractivity contribution in [2.45, 2.75) is 32.6 Å². The quantitative estimate of drug-likeness (QED) is 0.546. The van der Waals surface area contributed by atoms with Gasteiger partial charge in [0.1, 0.15) is 5.69 Å². The Balaban J connectivity index is 1.65. The highest BCUT2D eigenvalue weighted by Crippen LogP contribution is 2.46. The molecule has 166 valence electrons. The molecule has 0 amide bonds. The Bertz CT molecular complexity index is 1140. The van der Waals surface area contributed by atoms with Gasteiger partial charge in [0.2, 0.25) is 0 Å². The van der Waals surface area contributed by atoms with Crippen molar-refractivity contribution in [1.29, 1.82) is 0 Å². The molecule has 0 N–H and O–H groups in total. The van der Waals surface area contributed by atoms with Crippen LogP contribution >= 0.6 is 0 Å². The Morgan fingerprint density at radius 1 is 0.906 bits per heavy atom. The van der Waals surface area contributed by atoms with Gasteiger partial charge in [0.05, 0.1) is 19.6 Å². The minimum absolute atomic E-state index is 0.556. The maximum absolute atomic E-state index is 5.76. The van der Waals surface area contributed by atoms with Gasteiger partial charge in [0.15, 0.2) is 0 Å². The molecule has 4 saturated heterocycles. The third-order valence-corrected chi connectivity index (χ3v) is 8.19. The molecule has 4 heteroatoms. The normalized spacial score (nSPS) is 26.0. The van der Waals surface area contributed by atoms with Gasteiger partial charge in [-0.2, -0.15) is 0 Å². The SMILES string of the molecule is Cc1ccc2c(-c3ccnc(C)c3)c(C3CCOCC3)cc([N+]34CCN(CC3)CC4)c2c1. The molecule has 4 aliphatic rings. The van der Waals surface area contributed by atoms with Crippen LogP contribution in [0.2, 0.25) is 0 Å². The second kappa shape index (κ2) is 7.95. The van der Waals surface area contributed by atoms with Crippen molar-refractivity contribution < 1.29 is 4.74 Å². The molecule has 2 bridgehead atoms. The van der Waals surface area contributed by atoms with E-state index >= 15 is 0 Å². The molecular formula is C28H34N3O+. The Hall–Kier alpha value is -2.27. The van der Waals surface area contributed by atoms with Crippen LogP contribution in [-0.2, 0) is 4.74 Å². The van der Waals surface area contributed by atoms with Gasteiger partial charge in [-0.3, -0.25) is 14.4 Å². The number of aryl methyl sites for hydroxylation is 2. The summed E-state index contributed by atoms with van der Waals surface area (Å²) in [6, 6.07) is 14.2. The summed E-state index contributed by atoms with van der Waals surface area (Å²) < 4.78 is 6.92. The van der Waals surface area contributed by atoms with Crippen LogP contribution in [-0.4, -0.2) is 62.4 Å². The highest BCUT2D eigenvalue weighted by atomic mass is 16.5. The number of hydrogen-bond acceptors (Lipinski definition) is 3. The average molecular weight is 429 g/mol. The van der Waals surface area contributed by atoms with Gasteiger partial charge in [-0.25, -0.2) is 0 Å². The Morgan fingerprint density at radius 3 is 2.38 bits per heavy atom. The summed E-state index contributed by atoms with van der Waals surface area (Å²) >= 11 is 0. The number of hydrogen-bond donors (Lipinski definition) is 0. The number of pyridine rings is 1. The summed E-state index contributed by atoms with van der Waals surface area (Å²) in [5.74, 6) is 0.556. The molecule has 0 aliphatic carbocycles. The van der Waals surface area contributed by atoms with Crippen LogP contribution in [0.4, 0.5) is 5.69 Å². The van der Waals surface area contributed by atoms with E-state index < -0.39 is 0 Å². The lowest BCUT2D eigenvalue weighted by Gasteiger charge is -2.50. The van der Waals surface area contributed by atoms with Crippen molar-refractivity contribution >= 4 is 16.5 Å². The van der Waals surface area contributed by atoms with Gasteiger partial charge in [-0.05, 0) is 72.9 Å². The second-order valence-corrected chi connectivity index (χ2v) is 10.1. The third-order valence-electron chi connectivity index (χ3n) is 8.19. The zero-order valence-corrected chi connectivity index (χ0v) is 19.4.